The fourth-order valence-electron chi connectivity index (χ4n) is 3.04. The molecule has 8 heteroatoms. The Hall–Kier alpha value is -2.54. The molecule has 30 heavy (non-hydrogen) atoms. The highest BCUT2D eigenvalue weighted by atomic mass is 35.5. The van der Waals surface area contributed by atoms with E-state index in [0.29, 0.717) is 31.9 Å². The number of ether oxygens (including phenoxy) is 2. The van der Waals surface area contributed by atoms with Gasteiger partial charge in [0, 0.05) is 10.4 Å². The molecule has 1 N–H and O–H groups in total. The zero-order chi connectivity index (χ0) is 21.8. The van der Waals surface area contributed by atoms with Crippen LogP contribution in [0.3, 0.4) is 0 Å². The standard InChI is InChI=1S/C22H19Cl2NO4S/c1-12-19(14-5-7-15(28-2)8-6-14)20(22(27)29-3)21(30-12)25-18(26)11-13-4-9-16(23)17(24)10-13/h4-10H,11H2,1-3H3,(H,25,26). The third-order valence-corrected chi connectivity index (χ3v) is 6.21. The van der Waals surface area contributed by atoms with Crippen LogP contribution in [0.2, 0.25) is 10.0 Å². The first-order chi connectivity index (χ1) is 14.3. The average molecular weight is 464 g/mol. The smallest absolute Gasteiger partial charge is 0.341 e. The lowest BCUT2D eigenvalue weighted by molar-refractivity contribution is -0.115. The lowest BCUT2D eigenvalue weighted by atomic mass is 10.0. The molecule has 0 atom stereocenters. The number of methoxy groups -OCH3 is 2. The maximum atomic E-state index is 12.6. The van der Waals surface area contributed by atoms with Crippen molar-refractivity contribution in [3.05, 3.63) is 68.5 Å². The highest BCUT2D eigenvalue weighted by Gasteiger charge is 2.25. The van der Waals surface area contributed by atoms with E-state index < -0.39 is 5.97 Å². The van der Waals surface area contributed by atoms with Gasteiger partial charge in [0.05, 0.1) is 30.7 Å². The minimum absolute atomic E-state index is 0.0896. The summed E-state index contributed by atoms with van der Waals surface area (Å²) in [5.74, 6) is -0.0857. The van der Waals surface area contributed by atoms with E-state index in [1.807, 2.05) is 31.2 Å². The third-order valence-electron chi connectivity index (χ3n) is 4.45. The summed E-state index contributed by atoms with van der Waals surface area (Å²) in [6.07, 6.45) is 0.0896. The van der Waals surface area contributed by atoms with Gasteiger partial charge in [0.2, 0.25) is 5.91 Å². The number of aryl methyl sites for hydroxylation is 1. The van der Waals surface area contributed by atoms with Crippen LogP contribution in [0.4, 0.5) is 5.00 Å². The van der Waals surface area contributed by atoms with Crippen LogP contribution in [-0.4, -0.2) is 26.1 Å². The molecule has 5 nitrogen and oxygen atoms in total. The highest BCUT2D eigenvalue weighted by molar-refractivity contribution is 7.17. The Morgan fingerprint density at radius 2 is 1.73 bits per heavy atom. The molecule has 0 bridgehead atoms. The van der Waals surface area contributed by atoms with Crippen LogP contribution in [0.5, 0.6) is 5.75 Å². The third kappa shape index (κ3) is 4.78. The number of anilines is 1. The van der Waals surface area contributed by atoms with Gasteiger partial charge in [-0.25, -0.2) is 4.79 Å². The van der Waals surface area contributed by atoms with Crippen molar-refractivity contribution >= 4 is 51.4 Å². The van der Waals surface area contributed by atoms with Crippen molar-refractivity contribution in [3.63, 3.8) is 0 Å². The molecule has 0 radical (unpaired) electrons. The number of nitrogens with one attached hydrogen (secondary N) is 1. The SMILES string of the molecule is COC(=O)c1c(NC(=O)Cc2ccc(Cl)c(Cl)c2)sc(C)c1-c1ccc(OC)cc1. The van der Waals surface area contributed by atoms with Gasteiger partial charge in [0.25, 0.3) is 0 Å². The number of carbonyl (C=O) groups excluding carboxylic acids is 2. The molecular formula is C22H19Cl2NO4S. The molecule has 1 aromatic heterocycles. The second-order valence-corrected chi connectivity index (χ2v) is 8.47. The quantitative estimate of drug-likeness (QED) is 0.454. The minimum Gasteiger partial charge on any atom is -0.497 e. The molecule has 0 spiro atoms. The Labute approximate surface area is 188 Å². The van der Waals surface area contributed by atoms with Gasteiger partial charge in [-0.2, -0.15) is 0 Å². The molecule has 3 rings (SSSR count). The van der Waals surface area contributed by atoms with Crippen molar-refractivity contribution in [1.29, 1.82) is 0 Å². The number of thiophene rings is 1. The molecule has 2 aromatic carbocycles. The molecule has 0 aliphatic heterocycles. The molecule has 0 fully saturated rings. The maximum Gasteiger partial charge on any atom is 0.341 e. The molecular weight excluding hydrogens is 445 g/mol. The highest BCUT2D eigenvalue weighted by Crippen LogP contribution is 2.40. The molecule has 0 aliphatic rings. The topological polar surface area (TPSA) is 64.6 Å². The predicted octanol–water partition coefficient (Wildman–Crippen LogP) is 6.01. The molecule has 1 amide bonds. The van der Waals surface area contributed by atoms with Crippen LogP contribution in [0.15, 0.2) is 42.5 Å². The van der Waals surface area contributed by atoms with Gasteiger partial charge in [0.15, 0.2) is 0 Å². The van der Waals surface area contributed by atoms with Gasteiger partial charge in [0.1, 0.15) is 16.3 Å². The number of carbonyl (C=O) groups is 2. The van der Waals surface area contributed by atoms with Crippen molar-refractivity contribution in [3.8, 4) is 16.9 Å². The van der Waals surface area contributed by atoms with Crippen LogP contribution in [0.25, 0.3) is 11.1 Å². The molecule has 0 saturated heterocycles. The van der Waals surface area contributed by atoms with Crippen molar-refractivity contribution in [2.24, 2.45) is 0 Å². The van der Waals surface area contributed by atoms with Crippen molar-refractivity contribution < 1.29 is 19.1 Å². The number of rotatable bonds is 6. The molecule has 0 unspecified atom stereocenters. The molecule has 0 saturated carbocycles. The van der Waals surface area contributed by atoms with Gasteiger partial charge in [-0.05, 0) is 42.3 Å². The van der Waals surface area contributed by atoms with E-state index in [4.69, 9.17) is 32.7 Å². The van der Waals surface area contributed by atoms with E-state index >= 15 is 0 Å². The van der Waals surface area contributed by atoms with Gasteiger partial charge in [-0.1, -0.05) is 41.4 Å². The Kier molecular flexibility index (Phi) is 7.02. The summed E-state index contributed by atoms with van der Waals surface area (Å²) in [4.78, 5) is 26.1. The van der Waals surface area contributed by atoms with E-state index in [0.717, 1.165) is 16.0 Å². The fourth-order valence-corrected chi connectivity index (χ4v) is 4.44. The summed E-state index contributed by atoms with van der Waals surface area (Å²) in [7, 11) is 2.90. The van der Waals surface area contributed by atoms with E-state index in [1.165, 1.54) is 18.4 Å². The van der Waals surface area contributed by atoms with Crippen molar-refractivity contribution in [2.45, 2.75) is 13.3 Å². The Bertz CT molecular complexity index is 1090. The van der Waals surface area contributed by atoms with Crippen LogP contribution in [0, 0.1) is 6.92 Å². The first kappa shape index (κ1) is 22.2. The summed E-state index contributed by atoms with van der Waals surface area (Å²) in [6, 6.07) is 12.4. The lowest BCUT2D eigenvalue weighted by Crippen LogP contribution is -2.16. The van der Waals surface area contributed by atoms with Gasteiger partial charge < -0.3 is 14.8 Å². The normalized spacial score (nSPS) is 10.6. The van der Waals surface area contributed by atoms with Crippen molar-refractivity contribution in [2.75, 3.05) is 19.5 Å². The van der Waals surface area contributed by atoms with Crippen LogP contribution >= 0.6 is 34.5 Å². The average Bonchev–Trinajstić information content (AvgIpc) is 3.05. The fraction of sp³-hybridized carbons (Fsp3) is 0.182. The van der Waals surface area contributed by atoms with Gasteiger partial charge in [-0.3, -0.25) is 4.79 Å². The number of amides is 1. The maximum absolute atomic E-state index is 12.6. The van der Waals surface area contributed by atoms with Crippen LogP contribution in [0.1, 0.15) is 20.8 Å². The predicted molar refractivity (Wildman–Crippen MR) is 121 cm³/mol. The number of esters is 1. The second-order valence-electron chi connectivity index (χ2n) is 6.43. The number of hydrogen-bond acceptors (Lipinski definition) is 5. The number of benzene rings is 2. The second kappa shape index (κ2) is 9.51. The summed E-state index contributed by atoms with van der Waals surface area (Å²) < 4.78 is 10.2. The summed E-state index contributed by atoms with van der Waals surface area (Å²) in [6.45, 7) is 1.89. The Morgan fingerprint density at radius 1 is 1.03 bits per heavy atom. The minimum atomic E-state index is -0.519. The van der Waals surface area contributed by atoms with E-state index in [1.54, 1.807) is 25.3 Å². The first-order valence-electron chi connectivity index (χ1n) is 8.94. The van der Waals surface area contributed by atoms with E-state index in [2.05, 4.69) is 5.32 Å². The molecule has 156 valence electrons. The first-order valence-corrected chi connectivity index (χ1v) is 10.5. The summed E-state index contributed by atoms with van der Waals surface area (Å²) in [5.41, 5.74) is 2.59. The molecule has 1 heterocycles. The summed E-state index contributed by atoms with van der Waals surface area (Å²) >= 11 is 13.3. The molecule has 0 aliphatic carbocycles. The zero-order valence-electron chi connectivity index (χ0n) is 16.5. The van der Waals surface area contributed by atoms with E-state index in [9.17, 15) is 9.59 Å². The van der Waals surface area contributed by atoms with Gasteiger partial charge in [-0.15, -0.1) is 11.3 Å². The zero-order valence-corrected chi connectivity index (χ0v) is 18.9. The van der Waals surface area contributed by atoms with Crippen LogP contribution < -0.4 is 10.1 Å². The number of hydrogen-bond donors (Lipinski definition) is 1. The summed E-state index contributed by atoms with van der Waals surface area (Å²) in [5, 5.41) is 4.08. The number of halogens is 2. The van der Waals surface area contributed by atoms with Gasteiger partial charge >= 0.3 is 5.97 Å². The van der Waals surface area contributed by atoms with Crippen LogP contribution in [-0.2, 0) is 16.0 Å². The molecule has 3 aromatic rings. The Morgan fingerprint density at radius 3 is 2.33 bits per heavy atom. The van der Waals surface area contributed by atoms with E-state index in [-0.39, 0.29) is 12.3 Å². The largest absolute Gasteiger partial charge is 0.497 e. The Balaban J connectivity index is 1.93. The lowest BCUT2D eigenvalue weighted by Gasteiger charge is -2.09. The monoisotopic (exact) mass is 463 g/mol. The van der Waals surface area contributed by atoms with Crippen molar-refractivity contribution in [1.82, 2.24) is 0 Å².